The lowest BCUT2D eigenvalue weighted by atomic mass is 10.2. The lowest BCUT2D eigenvalue weighted by Crippen LogP contribution is -2.00. The van der Waals surface area contributed by atoms with Gasteiger partial charge < -0.3 is 5.32 Å². The maximum Gasteiger partial charge on any atom is 0.0638 e. The van der Waals surface area contributed by atoms with Gasteiger partial charge in [-0.3, -0.25) is 0 Å². The minimum atomic E-state index is 0.645. The van der Waals surface area contributed by atoms with E-state index in [4.69, 9.17) is 23.2 Å². The van der Waals surface area contributed by atoms with Crippen LogP contribution in [-0.4, -0.2) is 0 Å². The summed E-state index contributed by atoms with van der Waals surface area (Å²) in [6, 6.07) is 11.7. The maximum absolute atomic E-state index is 6.16. The van der Waals surface area contributed by atoms with Gasteiger partial charge in [0, 0.05) is 19.6 Å². The summed E-state index contributed by atoms with van der Waals surface area (Å²) in [5.41, 5.74) is 1.96. The van der Waals surface area contributed by atoms with Gasteiger partial charge in [0.15, 0.2) is 0 Å². The second kappa shape index (κ2) is 6.46. The Balaban J connectivity index is 2.13. The molecular formula is C13H9BrCl2IN. The molecule has 0 radical (unpaired) electrons. The average Bonchev–Trinajstić information content (AvgIpc) is 2.32. The zero-order chi connectivity index (χ0) is 13.1. The van der Waals surface area contributed by atoms with Crippen LogP contribution in [0.25, 0.3) is 0 Å². The van der Waals surface area contributed by atoms with Crippen molar-refractivity contribution in [3.8, 4) is 0 Å². The maximum atomic E-state index is 6.16. The Kier molecular flexibility index (Phi) is 5.18. The summed E-state index contributed by atoms with van der Waals surface area (Å²) >= 11 is 17.9. The highest BCUT2D eigenvalue weighted by Crippen LogP contribution is 2.26. The van der Waals surface area contributed by atoms with Gasteiger partial charge in [-0.1, -0.05) is 45.2 Å². The summed E-state index contributed by atoms with van der Waals surface area (Å²) in [5.74, 6) is 0. The van der Waals surface area contributed by atoms with E-state index in [2.05, 4.69) is 43.8 Å². The van der Waals surface area contributed by atoms with E-state index < -0.39 is 0 Å². The average molecular weight is 457 g/mol. The van der Waals surface area contributed by atoms with E-state index in [1.165, 1.54) is 0 Å². The fraction of sp³-hybridized carbons (Fsp3) is 0.0769. The van der Waals surface area contributed by atoms with Crippen LogP contribution in [0.1, 0.15) is 5.56 Å². The van der Waals surface area contributed by atoms with E-state index in [9.17, 15) is 0 Å². The molecular weight excluding hydrogens is 448 g/mol. The molecule has 1 N–H and O–H groups in total. The van der Waals surface area contributed by atoms with Gasteiger partial charge in [0.25, 0.3) is 0 Å². The Morgan fingerprint density at radius 2 is 1.83 bits per heavy atom. The van der Waals surface area contributed by atoms with E-state index >= 15 is 0 Å². The minimum absolute atomic E-state index is 0.645. The van der Waals surface area contributed by atoms with Gasteiger partial charge in [-0.05, 0) is 58.5 Å². The lowest BCUT2D eigenvalue weighted by molar-refractivity contribution is 1.15. The normalized spacial score (nSPS) is 10.4. The summed E-state index contributed by atoms with van der Waals surface area (Å²) in [5, 5.41) is 4.74. The minimum Gasteiger partial charge on any atom is -0.380 e. The largest absolute Gasteiger partial charge is 0.380 e. The summed E-state index contributed by atoms with van der Waals surface area (Å²) < 4.78 is 2.12. The topological polar surface area (TPSA) is 12.0 Å². The van der Waals surface area contributed by atoms with Crippen molar-refractivity contribution in [2.75, 3.05) is 5.32 Å². The molecule has 2 aromatic rings. The van der Waals surface area contributed by atoms with Gasteiger partial charge in [-0.25, -0.2) is 0 Å². The summed E-state index contributed by atoms with van der Waals surface area (Å²) in [4.78, 5) is 0. The molecule has 0 aliphatic heterocycles. The van der Waals surface area contributed by atoms with Crippen molar-refractivity contribution in [2.45, 2.75) is 6.54 Å². The van der Waals surface area contributed by atoms with Gasteiger partial charge in [0.2, 0.25) is 0 Å². The van der Waals surface area contributed by atoms with Crippen LogP contribution in [0.4, 0.5) is 5.69 Å². The molecule has 0 bridgehead atoms. The second-order valence-corrected chi connectivity index (χ2v) is 6.69. The van der Waals surface area contributed by atoms with E-state index in [0.717, 1.165) is 24.3 Å². The van der Waals surface area contributed by atoms with E-state index in [0.29, 0.717) is 11.6 Å². The molecule has 5 heteroatoms. The smallest absolute Gasteiger partial charge is 0.0638 e. The van der Waals surface area contributed by atoms with Crippen LogP contribution in [-0.2, 0) is 6.54 Å². The van der Waals surface area contributed by atoms with Crippen molar-refractivity contribution in [3.63, 3.8) is 0 Å². The highest BCUT2D eigenvalue weighted by molar-refractivity contribution is 14.1. The van der Waals surface area contributed by atoms with Crippen LogP contribution in [0.5, 0.6) is 0 Å². The van der Waals surface area contributed by atoms with Gasteiger partial charge in [-0.2, -0.15) is 0 Å². The molecule has 1 nitrogen and oxygen atoms in total. The summed E-state index contributed by atoms with van der Waals surface area (Å²) in [6.45, 7) is 0.645. The molecule has 2 aromatic carbocycles. The fourth-order valence-electron chi connectivity index (χ4n) is 1.49. The van der Waals surface area contributed by atoms with Crippen LogP contribution >= 0.6 is 61.7 Å². The van der Waals surface area contributed by atoms with Gasteiger partial charge in [-0.15, -0.1) is 0 Å². The number of anilines is 1. The number of halogens is 4. The third-order valence-corrected chi connectivity index (χ3v) is 4.26. The molecule has 18 heavy (non-hydrogen) atoms. The Bertz CT molecular complexity index is 575. The zero-order valence-electron chi connectivity index (χ0n) is 9.18. The Labute approximate surface area is 138 Å². The Morgan fingerprint density at radius 1 is 1.06 bits per heavy atom. The van der Waals surface area contributed by atoms with Gasteiger partial charge in [0.1, 0.15) is 0 Å². The van der Waals surface area contributed by atoms with Crippen LogP contribution in [0, 0.1) is 3.57 Å². The molecule has 2 rings (SSSR count). The van der Waals surface area contributed by atoms with Crippen molar-refractivity contribution < 1.29 is 0 Å². The van der Waals surface area contributed by atoms with E-state index in [1.54, 1.807) is 0 Å². The molecule has 0 saturated carbocycles. The van der Waals surface area contributed by atoms with Crippen molar-refractivity contribution in [1.29, 1.82) is 0 Å². The van der Waals surface area contributed by atoms with Crippen LogP contribution in [0.15, 0.2) is 40.9 Å². The summed E-state index contributed by atoms with van der Waals surface area (Å²) in [6.07, 6.45) is 0. The standard InChI is InChI=1S/C13H9BrCl2IN/c14-9-2-1-8(12(16)5-9)7-18-13-6-10(17)3-4-11(13)15/h1-6,18H,7H2. The predicted molar refractivity (Wildman–Crippen MR) is 90.6 cm³/mol. The SMILES string of the molecule is Clc1cc(Br)ccc1CNc1cc(I)ccc1Cl. The van der Waals surface area contributed by atoms with E-state index in [-0.39, 0.29) is 0 Å². The third kappa shape index (κ3) is 3.76. The molecule has 0 aliphatic rings. The molecule has 0 fully saturated rings. The van der Waals surface area contributed by atoms with Crippen LogP contribution in [0.3, 0.4) is 0 Å². The monoisotopic (exact) mass is 455 g/mol. The van der Waals surface area contributed by atoms with E-state index in [1.807, 2.05) is 36.4 Å². The molecule has 0 unspecified atom stereocenters. The molecule has 0 amide bonds. The predicted octanol–water partition coefficient (Wildman–Crippen LogP) is 5.97. The van der Waals surface area contributed by atoms with Gasteiger partial charge >= 0.3 is 0 Å². The fourth-order valence-corrected chi connectivity index (χ4v) is 2.90. The number of benzene rings is 2. The van der Waals surface area contributed by atoms with Crippen LogP contribution in [0.2, 0.25) is 10.0 Å². The van der Waals surface area contributed by atoms with Crippen LogP contribution < -0.4 is 5.32 Å². The molecule has 0 heterocycles. The van der Waals surface area contributed by atoms with Crippen molar-refractivity contribution >= 4 is 67.4 Å². The van der Waals surface area contributed by atoms with Gasteiger partial charge in [0.05, 0.1) is 10.7 Å². The Morgan fingerprint density at radius 3 is 2.56 bits per heavy atom. The van der Waals surface area contributed by atoms with Crippen molar-refractivity contribution in [1.82, 2.24) is 0 Å². The first kappa shape index (κ1) is 14.4. The number of hydrogen-bond donors (Lipinski definition) is 1. The number of rotatable bonds is 3. The number of nitrogens with one attached hydrogen (secondary N) is 1. The Hall–Kier alpha value is 0.0300. The molecule has 0 atom stereocenters. The highest BCUT2D eigenvalue weighted by atomic mass is 127. The first-order valence-corrected chi connectivity index (χ1v) is 7.82. The second-order valence-electron chi connectivity index (χ2n) is 3.71. The molecule has 0 aliphatic carbocycles. The first-order chi connectivity index (χ1) is 8.56. The van der Waals surface area contributed by atoms with Crippen molar-refractivity contribution in [2.24, 2.45) is 0 Å². The summed E-state index contributed by atoms with van der Waals surface area (Å²) in [7, 11) is 0. The molecule has 0 spiro atoms. The lowest BCUT2D eigenvalue weighted by Gasteiger charge is -2.10. The zero-order valence-corrected chi connectivity index (χ0v) is 14.4. The molecule has 94 valence electrons. The molecule has 0 saturated heterocycles. The third-order valence-electron chi connectivity index (χ3n) is 2.41. The first-order valence-electron chi connectivity index (χ1n) is 5.19. The quantitative estimate of drug-likeness (QED) is 0.561. The number of hydrogen-bond acceptors (Lipinski definition) is 1. The van der Waals surface area contributed by atoms with Crippen molar-refractivity contribution in [3.05, 3.63) is 60.0 Å². The highest BCUT2D eigenvalue weighted by Gasteiger charge is 2.04. The molecule has 0 aromatic heterocycles.